The van der Waals surface area contributed by atoms with Crippen LogP contribution in [0.4, 0.5) is 5.69 Å². The molecule has 0 unspecified atom stereocenters. The average molecular weight is 545 g/mol. The van der Waals surface area contributed by atoms with Gasteiger partial charge in [0.15, 0.2) is 0 Å². The largest absolute Gasteiger partial charge is 0.492 e. The molecule has 9 heteroatoms. The van der Waals surface area contributed by atoms with E-state index in [-0.39, 0.29) is 0 Å². The molecule has 3 aromatic carbocycles. The fraction of sp³-hybridized carbons (Fsp3) is 0.267. The molecule has 0 bridgehead atoms. The molecule has 0 aliphatic carbocycles. The van der Waals surface area contributed by atoms with Gasteiger partial charge in [-0.15, -0.1) is 0 Å². The summed E-state index contributed by atoms with van der Waals surface area (Å²) in [6.45, 7) is 6.97. The number of carbonyl (C=O) groups is 1. The number of pyridine rings is 1. The number of anilines is 1. The first-order valence-corrected chi connectivity index (χ1v) is 14.9. The Balaban J connectivity index is 1.27. The van der Waals surface area contributed by atoms with Crippen molar-refractivity contribution in [2.75, 3.05) is 43.9 Å². The molecule has 4 aromatic rings. The van der Waals surface area contributed by atoms with Gasteiger partial charge in [0.05, 0.1) is 19.1 Å². The highest BCUT2D eigenvalue weighted by Gasteiger charge is 2.19. The van der Waals surface area contributed by atoms with E-state index in [1.54, 1.807) is 18.3 Å². The quantitative estimate of drug-likeness (QED) is 0.353. The maximum absolute atomic E-state index is 12.1. The summed E-state index contributed by atoms with van der Waals surface area (Å²) in [4.78, 5) is 21.2. The van der Waals surface area contributed by atoms with Crippen LogP contribution in [0.5, 0.6) is 5.75 Å². The first-order valence-electron chi connectivity index (χ1n) is 13.0. The van der Waals surface area contributed by atoms with Crippen molar-refractivity contribution in [2.45, 2.75) is 13.5 Å². The second kappa shape index (κ2) is 11.4. The molecule has 0 saturated carbocycles. The lowest BCUT2D eigenvalue weighted by atomic mass is 9.95. The summed E-state index contributed by atoms with van der Waals surface area (Å²) in [6.07, 6.45) is 4.59. The summed E-state index contributed by atoms with van der Waals surface area (Å²) >= 11 is 0. The molecule has 0 atom stereocenters. The lowest BCUT2D eigenvalue weighted by molar-refractivity contribution is 0.0981. The Kier molecular flexibility index (Phi) is 7.81. The van der Waals surface area contributed by atoms with Crippen LogP contribution in [0.25, 0.3) is 21.9 Å². The molecule has 1 amide bonds. The van der Waals surface area contributed by atoms with E-state index in [1.165, 1.54) is 16.3 Å². The smallest absolute Gasteiger partial charge is 0.264 e. The van der Waals surface area contributed by atoms with E-state index in [0.717, 1.165) is 61.5 Å². The molecule has 1 fully saturated rings. The number of benzene rings is 3. The van der Waals surface area contributed by atoms with Crippen LogP contribution >= 0.6 is 0 Å². The second-order valence-corrected chi connectivity index (χ2v) is 11.4. The topological polar surface area (TPSA) is 91.8 Å². The van der Waals surface area contributed by atoms with E-state index in [9.17, 15) is 13.2 Å². The molecular weight excluding hydrogens is 512 g/mol. The molecule has 39 heavy (non-hydrogen) atoms. The molecule has 1 N–H and O–H groups in total. The molecule has 1 saturated heterocycles. The van der Waals surface area contributed by atoms with Gasteiger partial charge in [-0.3, -0.25) is 14.7 Å². The Labute approximate surface area is 229 Å². The highest BCUT2D eigenvalue weighted by atomic mass is 32.2. The highest BCUT2D eigenvalue weighted by Crippen LogP contribution is 2.33. The van der Waals surface area contributed by atoms with Crippen LogP contribution in [0, 0.1) is 0 Å². The van der Waals surface area contributed by atoms with Crippen LogP contribution in [0.3, 0.4) is 0 Å². The number of hydrogen-bond acceptors (Lipinski definition) is 7. The molecule has 202 valence electrons. The van der Waals surface area contributed by atoms with Crippen LogP contribution in [0.15, 0.2) is 79.1 Å². The van der Waals surface area contributed by atoms with Gasteiger partial charge >= 0.3 is 0 Å². The summed E-state index contributed by atoms with van der Waals surface area (Å²) in [5, 5.41) is 2.44. The zero-order valence-corrected chi connectivity index (χ0v) is 22.9. The van der Waals surface area contributed by atoms with Gasteiger partial charge in [0.25, 0.3) is 5.91 Å². The van der Waals surface area contributed by atoms with E-state index in [0.29, 0.717) is 12.2 Å². The Morgan fingerprint density at radius 1 is 0.949 bits per heavy atom. The molecule has 1 aromatic heterocycles. The lowest BCUT2D eigenvalue weighted by Gasteiger charge is -2.36. The third kappa shape index (κ3) is 6.38. The van der Waals surface area contributed by atoms with Crippen molar-refractivity contribution in [2.24, 2.45) is 0 Å². The van der Waals surface area contributed by atoms with Crippen LogP contribution < -0.4 is 14.4 Å². The van der Waals surface area contributed by atoms with Crippen molar-refractivity contribution in [1.29, 1.82) is 0 Å². The normalized spacial score (nSPS) is 14.4. The van der Waals surface area contributed by atoms with Gasteiger partial charge in [-0.05, 0) is 59.2 Å². The second-order valence-electron chi connectivity index (χ2n) is 9.67. The number of piperazine rings is 1. The monoisotopic (exact) mass is 544 g/mol. The standard InChI is InChI=1S/C30H32N4O4S/c1-3-38-26-18-24(19-31-20-26)28-13-10-23(27-6-4-5-7-29(27)28)21-33-14-16-34(17-15-33)25-11-8-22(9-12-25)30(35)32-39(2,36)37/h4-13,18-20H,3,14-17,21H2,1-2H3,(H,32,35). The third-order valence-corrected chi connectivity index (χ3v) is 7.44. The zero-order chi connectivity index (χ0) is 27.4. The number of carbonyl (C=O) groups excluding carboxylic acids is 1. The van der Waals surface area contributed by atoms with Crippen molar-refractivity contribution in [1.82, 2.24) is 14.6 Å². The van der Waals surface area contributed by atoms with Gasteiger partial charge in [0.2, 0.25) is 10.0 Å². The van der Waals surface area contributed by atoms with Gasteiger partial charge in [-0.1, -0.05) is 36.4 Å². The van der Waals surface area contributed by atoms with E-state index in [4.69, 9.17) is 4.74 Å². The molecule has 5 rings (SSSR count). The Morgan fingerprint density at radius 2 is 1.67 bits per heavy atom. The zero-order valence-electron chi connectivity index (χ0n) is 22.1. The summed E-state index contributed by atoms with van der Waals surface area (Å²) in [5.74, 6) is 0.151. The van der Waals surface area contributed by atoms with E-state index in [2.05, 4.69) is 51.2 Å². The molecule has 8 nitrogen and oxygen atoms in total. The number of hydrogen-bond donors (Lipinski definition) is 1. The highest BCUT2D eigenvalue weighted by molar-refractivity contribution is 7.89. The number of nitrogens with zero attached hydrogens (tertiary/aromatic N) is 3. The Bertz CT molecular complexity index is 1580. The minimum atomic E-state index is -3.59. The average Bonchev–Trinajstić information content (AvgIpc) is 2.93. The number of aromatic nitrogens is 1. The van der Waals surface area contributed by atoms with Crippen molar-refractivity contribution in [3.05, 3.63) is 90.3 Å². The Hall–Kier alpha value is -3.95. The van der Waals surface area contributed by atoms with Gasteiger partial charge in [0.1, 0.15) is 5.75 Å². The molecule has 2 heterocycles. The third-order valence-electron chi connectivity index (χ3n) is 6.89. The molecule has 1 aliphatic rings. The maximum Gasteiger partial charge on any atom is 0.264 e. The first-order chi connectivity index (χ1) is 18.8. The first kappa shape index (κ1) is 26.6. The van der Waals surface area contributed by atoms with Crippen LogP contribution in [0.2, 0.25) is 0 Å². The predicted octanol–water partition coefficient (Wildman–Crippen LogP) is 4.31. The van der Waals surface area contributed by atoms with Crippen molar-refractivity contribution >= 4 is 32.4 Å². The number of fused-ring (bicyclic) bond motifs is 1. The molecule has 1 aliphatic heterocycles. The van der Waals surface area contributed by atoms with Crippen molar-refractivity contribution in [3.63, 3.8) is 0 Å². The molecule has 0 spiro atoms. The molecular formula is C30H32N4O4S. The van der Waals surface area contributed by atoms with E-state index < -0.39 is 15.9 Å². The van der Waals surface area contributed by atoms with Gasteiger partial charge in [0, 0.05) is 55.7 Å². The van der Waals surface area contributed by atoms with Crippen LogP contribution in [-0.4, -0.2) is 63.3 Å². The summed E-state index contributed by atoms with van der Waals surface area (Å²) < 4.78 is 30.3. The fourth-order valence-electron chi connectivity index (χ4n) is 5.02. The number of sulfonamides is 1. The lowest BCUT2D eigenvalue weighted by Crippen LogP contribution is -2.46. The van der Waals surface area contributed by atoms with Crippen LogP contribution in [0.1, 0.15) is 22.8 Å². The summed E-state index contributed by atoms with van der Waals surface area (Å²) in [5.41, 5.74) is 4.80. The summed E-state index contributed by atoms with van der Waals surface area (Å²) in [7, 11) is -3.59. The number of rotatable bonds is 8. The van der Waals surface area contributed by atoms with Gasteiger partial charge in [-0.2, -0.15) is 0 Å². The van der Waals surface area contributed by atoms with E-state index >= 15 is 0 Å². The fourth-order valence-corrected chi connectivity index (χ4v) is 5.47. The maximum atomic E-state index is 12.1. The van der Waals surface area contributed by atoms with E-state index in [1.807, 2.05) is 36.0 Å². The van der Waals surface area contributed by atoms with Crippen molar-refractivity contribution < 1.29 is 17.9 Å². The van der Waals surface area contributed by atoms with Gasteiger partial charge in [-0.25, -0.2) is 13.1 Å². The number of ether oxygens (including phenoxy) is 1. The van der Waals surface area contributed by atoms with Crippen LogP contribution in [-0.2, 0) is 16.6 Å². The minimum Gasteiger partial charge on any atom is -0.492 e. The summed E-state index contributed by atoms with van der Waals surface area (Å²) in [6, 6.07) is 22.0. The predicted molar refractivity (Wildman–Crippen MR) is 155 cm³/mol. The van der Waals surface area contributed by atoms with Crippen molar-refractivity contribution in [3.8, 4) is 16.9 Å². The molecule has 0 radical (unpaired) electrons. The number of amides is 1. The number of nitrogens with one attached hydrogen (secondary N) is 1. The van der Waals surface area contributed by atoms with Gasteiger partial charge < -0.3 is 9.64 Å². The minimum absolute atomic E-state index is 0.318. The Morgan fingerprint density at radius 3 is 2.36 bits per heavy atom. The SMILES string of the molecule is CCOc1cncc(-c2ccc(CN3CCN(c4ccc(C(=O)NS(C)(=O)=O)cc4)CC3)c3ccccc23)c1.